The molecule has 3 aromatic rings. The summed E-state index contributed by atoms with van der Waals surface area (Å²) in [5.41, 5.74) is 1.91. The molecule has 3 rings (SSSR count). The molecule has 7 heteroatoms. The number of aromatic nitrogens is 3. The van der Waals surface area contributed by atoms with Gasteiger partial charge in [0, 0.05) is 11.9 Å². The molecule has 0 unspecified atom stereocenters. The van der Waals surface area contributed by atoms with Gasteiger partial charge in [0.05, 0.1) is 5.56 Å². The minimum Gasteiger partial charge on any atom is -0.298 e. The number of thiazole rings is 1. The first kappa shape index (κ1) is 13.0. The molecule has 20 heavy (non-hydrogen) atoms. The van der Waals surface area contributed by atoms with Gasteiger partial charge in [0.1, 0.15) is 15.5 Å². The Balaban J connectivity index is 1.89. The third-order valence-corrected chi connectivity index (χ3v) is 3.78. The first-order valence-electron chi connectivity index (χ1n) is 5.79. The number of fused-ring (bicyclic) bond motifs is 1. The molecular formula is C13H9ClN4OS. The van der Waals surface area contributed by atoms with E-state index >= 15 is 0 Å². The maximum absolute atomic E-state index is 12.1. The topological polar surface area (TPSA) is 67.8 Å². The van der Waals surface area contributed by atoms with E-state index in [1.54, 1.807) is 37.4 Å². The molecule has 3 heterocycles. The number of aryl methyl sites for hydroxylation is 1. The van der Waals surface area contributed by atoms with Gasteiger partial charge in [-0.25, -0.2) is 9.97 Å². The van der Waals surface area contributed by atoms with Crippen molar-refractivity contribution in [1.29, 1.82) is 0 Å². The fraction of sp³-hybridized carbons (Fsp3) is 0.0769. The lowest BCUT2D eigenvalue weighted by atomic mass is 10.2. The summed E-state index contributed by atoms with van der Waals surface area (Å²) in [6, 6.07) is 6.88. The molecule has 0 spiro atoms. The van der Waals surface area contributed by atoms with Crippen LogP contribution >= 0.6 is 22.9 Å². The molecular weight excluding hydrogens is 296 g/mol. The van der Waals surface area contributed by atoms with Gasteiger partial charge in [-0.1, -0.05) is 22.9 Å². The molecule has 0 saturated carbocycles. The maximum Gasteiger partial charge on any atom is 0.259 e. The van der Waals surface area contributed by atoms with E-state index < -0.39 is 0 Å². The Kier molecular flexibility index (Phi) is 3.33. The highest BCUT2D eigenvalue weighted by Gasteiger charge is 2.12. The van der Waals surface area contributed by atoms with Crippen molar-refractivity contribution in [2.45, 2.75) is 6.92 Å². The van der Waals surface area contributed by atoms with Crippen LogP contribution in [0.15, 0.2) is 30.5 Å². The summed E-state index contributed by atoms with van der Waals surface area (Å²) in [5.74, 6) is -0.235. The first-order valence-corrected chi connectivity index (χ1v) is 6.99. The van der Waals surface area contributed by atoms with Crippen molar-refractivity contribution in [3.8, 4) is 0 Å². The molecule has 0 radical (unpaired) electrons. The van der Waals surface area contributed by atoms with Crippen LogP contribution in [-0.4, -0.2) is 20.9 Å². The zero-order valence-corrected chi connectivity index (χ0v) is 12.0. The highest BCUT2D eigenvalue weighted by atomic mass is 35.5. The van der Waals surface area contributed by atoms with Crippen molar-refractivity contribution in [2.24, 2.45) is 0 Å². The molecule has 100 valence electrons. The summed E-state index contributed by atoms with van der Waals surface area (Å²) in [7, 11) is 0. The summed E-state index contributed by atoms with van der Waals surface area (Å²) in [5, 5.41) is 3.65. The van der Waals surface area contributed by atoms with Crippen LogP contribution in [0.25, 0.3) is 10.3 Å². The molecule has 0 aromatic carbocycles. The summed E-state index contributed by atoms with van der Waals surface area (Å²) >= 11 is 7.10. The first-order chi connectivity index (χ1) is 9.63. The summed E-state index contributed by atoms with van der Waals surface area (Å²) < 4.78 is 0. The van der Waals surface area contributed by atoms with Gasteiger partial charge in [0.2, 0.25) is 0 Å². The normalized spacial score (nSPS) is 10.7. The summed E-state index contributed by atoms with van der Waals surface area (Å²) in [6.07, 6.45) is 1.65. The predicted molar refractivity (Wildman–Crippen MR) is 79.4 cm³/mol. The van der Waals surface area contributed by atoms with Crippen LogP contribution in [0, 0.1) is 6.92 Å². The van der Waals surface area contributed by atoms with Gasteiger partial charge in [-0.05, 0) is 31.2 Å². The van der Waals surface area contributed by atoms with Crippen LogP contribution in [0.5, 0.6) is 0 Å². The molecule has 0 aliphatic heterocycles. The molecule has 0 aliphatic carbocycles. The van der Waals surface area contributed by atoms with Crippen LogP contribution < -0.4 is 5.32 Å². The van der Waals surface area contributed by atoms with Crippen LogP contribution in [0.3, 0.4) is 0 Å². The van der Waals surface area contributed by atoms with E-state index in [1.807, 2.05) is 0 Å². The lowest BCUT2D eigenvalue weighted by Crippen LogP contribution is -2.13. The van der Waals surface area contributed by atoms with Crippen LogP contribution in [0.4, 0.5) is 5.13 Å². The predicted octanol–water partition coefficient (Wildman–Crippen LogP) is 3.30. The minimum atomic E-state index is -0.235. The number of carbonyl (C=O) groups is 1. The molecule has 5 nitrogen and oxygen atoms in total. The van der Waals surface area contributed by atoms with Gasteiger partial charge >= 0.3 is 0 Å². The molecule has 3 aromatic heterocycles. The number of hydrogen-bond donors (Lipinski definition) is 1. The lowest BCUT2D eigenvalue weighted by Gasteiger charge is -2.03. The van der Waals surface area contributed by atoms with E-state index in [1.165, 1.54) is 11.3 Å². The Bertz CT molecular complexity index is 802. The van der Waals surface area contributed by atoms with Gasteiger partial charge in [-0.2, -0.15) is 0 Å². The molecule has 0 aliphatic rings. The van der Waals surface area contributed by atoms with Crippen molar-refractivity contribution in [1.82, 2.24) is 15.0 Å². The van der Waals surface area contributed by atoms with E-state index in [2.05, 4.69) is 20.3 Å². The average molecular weight is 305 g/mol. The highest BCUT2D eigenvalue weighted by molar-refractivity contribution is 7.22. The van der Waals surface area contributed by atoms with E-state index in [0.29, 0.717) is 31.9 Å². The minimum absolute atomic E-state index is 0.235. The Labute approximate surface area is 123 Å². The lowest BCUT2D eigenvalue weighted by molar-refractivity contribution is 0.102. The smallest absolute Gasteiger partial charge is 0.259 e. The molecule has 0 saturated heterocycles. The number of nitrogens with one attached hydrogen (secondary N) is 1. The Morgan fingerprint density at radius 1 is 1.30 bits per heavy atom. The monoisotopic (exact) mass is 304 g/mol. The number of pyridine rings is 2. The van der Waals surface area contributed by atoms with E-state index in [9.17, 15) is 4.79 Å². The molecule has 0 bridgehead atoms. The van der Waals surface area contributed by atoms with Gasteiger partial charge in [-0.15, -0.1) is 0 Å². The van der Waals surface area contributed by atoms with Gasteiger partial charge in [0.15, 0.2) is 5.13 Å². The van der Waals surface area contributed by atoms with Crippen LogP contribution in [0.2, 0.25) is 5.15 Å². The third-order valence-electron chi connectivity index (χ3n) is 2.69. The Morgan fingerprint density at radius 3 is 2.95 bits per heavy atom. The molecule has 1 amide bonds. The SMILES string of the molecule is Cc1ncccc1C(=O)Nc1nc2ccc(Cl)nc2s1. The number of carbonyl (C=O) groups excluding carboxylic acids is 1. The largest absolute Gasteiger partial charge is 0.298 e. The van der Waals surface area contributed by atoms with Crippen LogP contribution in [0.1, 0.15) is 16.1 Å². The summed E-state index contributed by atoms with van der Waals surface area (Å²) in [4.78, 5) is 25.4. The quantitative estimate of drug-likeness (QED) is 0.738. The highest BCUT2D eigenvalue weighted by Crippen LogP contribution is 2.26. The van der Waals surface area contributed by atoms with E-state index in [0.717, 1.165) is 0 Å². The van der Waals surface area contributed by atoms with Gasteiger partial charge < -0.3 is 0 Å². The molecule has 1 N–H and O–H groups in total. The van der Waals surface area contributed by atoms with Crippen molar-refractivity contribution < 1.29 is 4.79 Å². The number of hydrogen-bond acceptors (Lipinski definition) is 5. The van der Waals surface area contributed by atoms with Gasteiger partial charge in [0.25, 0.3) is 5.91 Å². The zero-order chi connectivity index (χ0) is 14.1. The van der Waals surface area contributed by atoms with Crippen LogP contribution in [-0.2, 0) is 0 Å². The van der Waals surface area contributed by atoms with E-state index in [4.69, 9.17) is 11.6 Å². The van der Waals surface area contributed by atoms with E-state index in [-0.39, 0.29) is 5.91 Å². The second kappa shape index (κ2) is 5.15. The standard InChI is InChI=1S/C13H9ClN4OS/c1-7-8(3-2-6-15-7)11(19)18-13-16-9-4-5-10(14)17-12(9)20-13/h2-6H,1H3,(H,16,18,19). The fourth-order valence-electron chi connectivity index (χ4n) is 1.74. The van der Waals surface area contributed by atoms with Crippen molar-refractivity contribution in [2.75, 3.05) is 5.32 Å². The zero-order valence-electron chi connectivity index (χ0n) is 10.4. The number of anilines is 1. The number of amides is 1. The maximum atomic E-state index is 12.1. The van der Waals surface area contributed by atoms with Crippen molar-refractivity contribution in [3.05, 3.63) is 46.9 Å². The van der Waals surface area contributed by atoms with Gasteiger partial charge in [-0.3, -0.25) is 15.1 Å². The molecule has 0 fully saturated rings. The molecule has 0 atom stereocenters. The van der Waals surface area contributed by atoms with Crippen molar-refractivity contribution in [3.63, 3.8) is 0 Å². The Morgan fingerprint density at radius 2 is 2.15 bits per heavy atom. The fourth-order valence-corrected chi connectivity index (χ4v) is 2.77. The number of halogens is 1. The second-order valence-corrected chi connectivity index (χ2v) is 5.43. The Hall–Kier alpha value is -2.05. The second-order valence-electron chi connectivity index (χ2n) is 4.07. The van der Waals surface area contributed by atoms with Crippen molar-refractivity contribution >= 4 is 44.3 Å². The summed E-state index contributed by atoms with van der Waals surface area (Å²) in [6.45, 7) is 1.79. The average Bonchev–Trinajstić information content (AvgIpc) is 2.80. The number of rotatable bonds is 2. The third kappa shape index (κ3) is 2.48. The number of nitrogens with zero attached hydrogens (tertiary/aromatic N) is 3.